The van der Waals surface area contributed by atoms with Crippen molar-refractivity contribution in [1.82, 2.24) is 0 Å². The van der Waals surface area contributed by atoms with Crippen LogP contribution in [-0.4, -0.2) is 21.7 Å². The van der Waals surface area contributed by atoms with Gasteiger partial charge in [0.15, 0.2) is 0 Å². The van der Waals surface area contributed by atoms with E-state index in [1.54, 1.807) is 0 Å². The summed E-state index contributed by atoms with van der Waals surface area (Å²) < 4.78 is 12.4. The molecule has 1 rings (SSSR count). The minimum Gasteiger partial charge on any atom is -0.396 e. The van der Waals surface area contributed by atoms with E-state index in [0.717, 1.165) is 29.7 Å². The molecule has 2 nitrogen and oxygen atoms in total. The standard InChI is InChI=1S/C16H26O2S/c1-13-8-9-14(16(2,3)4)12-15(13)19(18)11-7-5-6-10-17/h8-9,12,17H,5-7,10-11H2,1-4H3. The predicted octanol–water partition coefficient (Wildman–Crippen LogP) is 3.56. The second-order valence-electron chi connectivity index (χ2n) is 6.06. The summed E-state index contributed by atoms with van der Waals surface area (Å²) in [6, 6.07) is 6.29. The van der Waals surface area contributed by atoms with Gasteiger partial charge in [-0.15, -0.1) is 0 Å². The number of benzene rings is 1. The maximum Gasteiger partial charge on any atom is 0.0532 e. The molecule has 1 aromatic carbocycles. The second-order valence-corrected chi connectivity index (χ2v) is 7.60. The Morgan fingerprint density at radius 1 is 1.16 bits per heavy atom. The van der Waals surface area contributed by atoms with Gasteiger partial charge in [0.1, 0.15) is 0 Å². The highest BCUT2D eigenvalue weighted by Crippen LogP contribution is 2.26. The number of aliphatic hydroxyl groups is 1. The van der Waals surface area contributed by atoms with Gasteiger partial charge in [0.2, 0.25) is 0 Å². The molecule has 1 N–H and O–H groups in total. The molecule has 1 unspecified atom stereocenters. The average Bonchev–Trinajstić information content (AvgIpc) is 2.33. The first-order valence-corrected chi connectivity index (χ1v) is 8.28. The fourth-order valence-corrected chi connectivity index (χ4v) is 3.32. The van der Waals surface area contributed by atoms with Gasteiger partial charge in [-0.2, -0.15) is 0 Å². The summed E-state index contributed by atoms with van der Waals surface area (Å²) in [5.74, 6) is 0.689. The second kappa shape index (κ2) is 7.20. The molecule has 0 bridgehead atoms. The highest BCUT2D eigenvalue weighted by Gasteiger charge is 2.16. The Hall–Kier alpha value is -0.670. The third-order valence-electron chi connectivity index (χ3n) is 3.29. The van der Waals surface area contributed by atoms with Crippen LogP contribution in [0.5, 0.6) is 0 Å². The van der Waals surface area contributed by atoms with E-state index in [2.05, 4.69) is 39.0 Å². The summed E-state index contributed by atoms with van der Waals surface area (Å²) >= 11 is 0. The van der Waals surface area contributed by atoms with E-state index >= 15 is 0 Å². The quantitative estimate of drug-likeness (QED) is 0.810. The van der Waals surface area contributed by atoms with Gasteiger partial charge in [-0.3, -0.25) is 4.21 Å². The summed E-state index contributed by atoms with van der Waals surface area (Å²) in [5, 5.41) is 8.74. The van der Waals surface area contributed by atoms with Crippen molar-refractivity contribution < 1.29 is 9.32 Å². The predicted molar refractivity (Wildman–Crippen MR) is 82.1 cm³/mol. The summed E-state index contributed by atoms with van der Waals surface area (Å²) in [6.07, 6.45) is 2.66. The van der Waals surface area contributed by atoms with Crippen molar-refractivity contribution in [2.75, 3.05) is 12.4 Å². The highest BCUT2D eigenvalue weighted by molar-refractivity contribution is 7.85. The van der Waals surface area contributed by atoms with Crippen LogP contribution in [0.25, 0.3) is 0 Å². The molecule has 0 aliphatic carbocycles. The third kappa shape index (κ3) is 5.07. The van der Waals surface area contributed by atoms with Crippen LogP contribution in [0.3, 0.4) is 0 Å². The van der Waals surface area contributed by atoms with Gasteiger partial charge in [-0.1, -0.05) is 39.3 Å². The van der Waals surface area contributed by atoms with Crippen LogP contribution < -0.4 is 0 Å². The Balaban J connectivity index is 2.78. The summed E-state index contributed by atoms with van der Waals surface area (Å²) in [6.45, 7) is 8.77. The monoisotopic (exact) mass is 282 g/mol. The summed E-state index contributed by atoms with van der Waals surface area (Å²) in [4.78, 5) is 0.969. The molecule has 0 aliphatic rings. The number of unbranched alkanes of at least 4 members (excludes halogenated alkanes) is 2. The van der Waals surface area contributed by atoms with Crippen LogP contribution in [0.4, 0.5) is 0 Å². The van der Waals surface area contributed by atoms with E-state index in [1.807, 2.05) is 6.92 Å². The number of aliphatic hydroxyl groups excluding tert-OH is 1. The number of rotatable bonds is 6. The van der Waals surface area contributed by atoms with Crippen LogP contribution in [0.1, 0.15) is 51.2 Å². The van der Waals surface area contributed by atoms with Crippen molar-refractivity contribution in [3.63, 3.8) is 0 Å². The van der Waals surface area contributed by atoms with Crippen LogP contribution in [-0.2, 0) is 16.2 Å². The molecule has 0 spiro atoms. The van der Waals surface area contributed by atoms with Gasteiger partial charge in [0, 0.05) is 17.3 Å². The van der Waals surface area contributed by atoms with E-state index in [4.69, 9.17) is 5.11 Å². The average molecular weight is 282 g/mol. The number of hydrogen-bond donors (Lipinski definition) is 1. The van der Waals surface area contributed by atoms with Crippen LogP contribution >= 0.6 is 0 Å². The van der Waals surface area contributed by atoms with E-state index in [9.17, 15) is 4.21 Å². The van der Waals surface area contributed by atoms with Gasteiger partial charge < -0.3 is 5.11 Å². The molecule has 0 radical (unpaired) electrons. The van der Waals surface area contributed by atoms with Crippen molar-refractivity contribution in [1.29, 1.82) is 0 Å². The highest BCUT2D eigenvalue weighted by atomic mass is 32.2. The zero-order chi connectivity index (χ0) is 14.5. The maximum absolute atomic E-state index is 12.4. The molecule has 19 heavy (non-hydrogen) atoms. The molecule has 0 fully saturated rings. The van der Waals surface area contributed by atoms with E-state index in [1.165, 1.54) is 5.56 Å². The van der Waals surface area contributed by atoms with Gasteiger partial charge in [-0.25, -0.2) is 0 Å². The first-order chi connectivity index (χ1) is 8.86. The van der Waals surface area contributed by atoms with Crippen LogP contribution in [0, 0.1) is 6.92 Å². The molecule has 0 aromatic heterocycles. The lowest BCUT2D eigenvalue weighted by molar-refractivity contribution is 0.284. The van der Waals surface area contributed by atoms with E-state index in [0.29, 0.717) is 5.75 Å². The zero-order valence-electron chi connectivity index (χ0n) is 12.5. The normalized spacial score (nSPS) is 13.5. The van der Waals surface area contributed by atoms with Crippen molar-refractivity contribution in [2.24, 2.45) is 0 Å². The largest absolute Gasteiger partial charge is 0.396 e. The lowest BCUT2D eigenvalue weighted by atomic mass is 9.87. The van der Waals surface area contributed by atoms with Gasteiger partial charge in [0.05, 0.1) is 10.8 Å². The smallest absolute Gasteiger partial charge is 0.0532 e. The lowest BCUT2D eigenvalue weighted by Gasteiger charge is -2.20. The SMILES string of the molecule is Cc1ccc(C(C)(C)C)cc1S(=O)CCCCCO. The van der Waals surface area contributed by atoms with Crippen molar-refractivity contribution in [3.05, 3.63) is 29.3 Å². The Bertz CT molecular complexity index is 433. The van der Waals surface area contributed by atoms with Gasteiger partial charge in [-0.05, 0) is 42.4 Å². The fraction of sp³-hybridized carbons (Fsp3) is 0.625. The molecule has 0 saturated heterocycles. The molecule has 0 amide bonds. The molecular formula is C16H26O2S. The Morgan fingerprint density at radius 3 is 2.42 bits per heavy atom. The lowest BCUT2D eigenvalue weighted by Crippen LogP contribution is -2.12. The molecule has 1 aromatic rings. The Labute approximate surface area is 119 Å². The molecule has 1 atom stereocenters. The topological polar surface area (TPSA) is 37.3 Å². The van der Waals surface area contributed by atoms with E-state index < -0.39 is 10.8 Å². The molecule has 108 valence electrons. The van der Waals surface area contributed by atoms with Crippen molar-refractivity contribution in [2.45, 2.75) is 57.3 Å². The van der Waals surface area contributed by atoms with Crippen LogP contribution in [0.15, 0.2) is 23.1 Å². The van der Waals surface area contributed by atoms with E-state index in [-0.39, 0.29) is 12.0 Å². The van der Waals surface area contributed by atoms with Crippen LogP contribution in [0.2, 0.25) is 0 Å². The minimum absolute atomic E-state index is 0.0868. The maximum atomic E-state index is 12.4. The number of aryl methyl sites for hydroxylation is 1. The summed E-state index contributed by atoms with van der Waals surface area (Å²) in [7, 11) is -0.925. The molecular weight excluding hydrogens is 256 g/mol. The molecule has 0 aliphatic heterocycles. The fourth-order valence-electron chi connectivity index (χ4n) is 1.94. The third-order valence-corrected chi connectivity index (χ3v) is 4.88. The summed E-state index contributed by atoms with van der Waals surface area (Å²) in [5.41, 5.74) is 2.43. The van der Waals surface area contributed by atoms with Crippen molar-refractivity contribution in [3.8, 4) is 0 Å². The van der Waals surface area contributed by atoms with Gasteiger partial charge >= 0.3 is 0 Å². The molecule has 3 heteroatoms. The van der Waals surface area contributed by atoms with Gasteiger partial charge in [0.25, 0.3) is 0 Å². The first-order valence-electron chi connectivity index (χ1n) is 6.96. The minimum atomic E-state index is -0.925. The molecule has 0 saturated carbocycles. The Kier molecular flexibility index (Phi) is 6.21. The Morgan fingerprint density at radius 2 is 1.84 bits per heavy atom. The first kappa shape index (κ1) is 16.4. The molecule has 0 heterocycles. The zero-order valence-corrected chi connectivity index (χ0v) is 13.3. The number of hydrogen-bond acceptors (Lipinski definition) is 2. The van der Waals surface area contributed by atoms with Crippen molar-refractivity contribution >= 4 is 10.8 Å².